The molecule has 7 aromatic carbocycles. The van der Waals surface area contributed by atoms with Crippen LogP contribution < -0.4 is 49.8 Å². The van der Waals surface area contributed by atoms with E-state index in [4.69, 9.17) is 0 Å². The molecule has 7 rings (SSSR count). The third kappa shape index (κ3) is 13.4. The second-order valence-electron chi connectivity index (χ2n) is 14.4. The maximum absolute atomic E-state index is 13.8. The van der Waals surface area contributed by atoms with E-state index >= 15 is 0 Å². The first kappa shape index (κ1) is 54.8. The third-order valence-corrected chi connectivity index (χ3v) is 11.7. The van der Waals surface area contributed by atoms with Crippen LogP contribution in [0.2, 0.25) is 0 Å². The second-order valence-corrected chi connectivity index (χ2v) is 18.8. The summed E-state index contributed by atoms with van der Waals surface area (Å²) in [4.78, 5) is 8.90. The molecule has 0 heterocycles. The van der Waals surface area contributed by atoms with Crippen molar-refractivity contribution in [1.82, 2.24) is 0 Å². The normalized spacial score (nSPS) is 12.1. The molecule has 0 saturated carbocycles. The number of azo groups is 4. The minimum Gasteiger partial charge on any atom is -0.871 e. The number of benzene rings is 7. The van der Waals surface area contributed by atoms with Gasteiger partial charge in [0, 0.05) is 28.6 Å². The molecule has 0 fully saturated rings. The molecular formula is C42H30CuN11NaO13S3. The zero-order chi connectivity index (χ0) is 49.8. The van der Waals surface area contributed by atoms with Gasteiger partial charge in [-0.05, 0) is 91.0 Å². The van der Waals surface area contributed by atoms with Gasteiger partial charge in [0.1, 0.15) is 37.3 Å². The number of phenols is 1. The fourth-order valence-electron chi connectivity index (χ4n) is 6.26. The summed E-state index contributed by atoms with van der Waals surface area (Å²) >= 11 is 0. The van der Waals surface area contributed by atoms with Crippen LogP contribution in [-0.4, -0.2) is 50.6 Å². The number of nitro groups is 1. The molecular weight excluding hydrogens is 1050 g/mol. The van der Waals surface area contributed by atoms with Gasteiger partial charge < -0.3 is 29.7 Å². The van der Waals surface area contributed by atoms with E-state index in [1.807, 2.05) is 0 Å². The number of para-hydroxylation sites is 1. The number of aryl methyl sites for hydroxylation is 1. The van der Waals surface area contributed by atoms with Gasteiger partial charge in [0.15, 0.2) is 5.75 Å². The van der Waals surface area contributed by atoms with Crippen molar-refractivity contribution in [1.29, 1.82) is 0 Å². The number of rotatable bonds is 15. The van der Waals surface area contributed by atoms with Crippen molar-refractivity contribution in [2.24, 2.45) is 40.9 Å². The van der Waals surface area contributed by atoms with Gasteiger partial charge in [-0.3, -0.25) is 14.8 Å². The van der Waals surface area contributed by atoms with Crippen LogP contribution in [0.5, 0.6) is 17.2 Å². The van der Waals surface area contributed by atoms with Crippen molar-refractivity contribution < 1.29 is 103 Å². The molecule has 0 unspecified atom stereocenters. The first-order valence-corrected chi connectivity index (χ1v) is 24.0. The summed E-state index contributed by atoms with van der Waals surface area (Å²) in [5.74, 6) is -3.17. The van der Waals surface area contributed by atoms with Crippen molar-refractivity contribution >= 4 is 109 Å². The molecule has 0 aromatic heterocycles. The smallest absolute Gasteiger partial charge is 0.871 e. The number of nitro benzene ring substituents is 1. The Balaban J connectivity index is 0.00000375. The number of phenolic OH excluding ortho intramolecular Hbond substituents is 1. The average molecular weight is 1080 g/mol. The Labute approximate surface area is 437 Å². The maximum atomic E-state index is 13.8. The minimum absolute atomic E-state index is 0. The summed E-state index contributed by atoms with van der Waals surface area (Å²) < 4.78 is 100. The Kier molecular flexibility index (Phi) is 17.2. The van der Waals surface area contributed by atoms with Crippen LogP contribution in [0.3, 0.4) is 0 Å². The van der Waals surface area contributed by atoms with Gasteiger partial charge >= 0.3 is 48.1 Å². The summed E-state index contributed by atoms with van der Waals surface area (Å²) in [7, 11) is -14.4. The number of hydrogen-bond donors (Lipinski definition) is 3. The number of fused-ring (bicyclic) bond motifs is 1. The molecule has 0 aliphatic rings. The van der Waals surface area contributed by atoms with Crippen molar-refractivity contribution in [3.8, 4) is 17.2 Å². The van der Waals surface area contributed by atoms with Crippen molar-refractivity contribution in [3.63, 3.8) is 0 Å². The van der Waals surface area contributed by atoms with Crippen LogP contribution in [0.1, 0.15) is 6.99 Å². The first-order valence-electron chi connectivity index (χ1n) is 19.3. The number of anilines is 3. The van der Waals surface area contributed by atoms with Crippen LogP contribution in [0.25, 0.3) is 10.8 Å². The van der Waals surface area contributed by atoms with Gasteiger partial charge in [-0.2, -0.15) is 25.6 Å². The quantitative estimate of drug-likeness (QED) is 0.0320. The van der Waals surface area contributed by atoms with Gasteiger partial charge in [-0.1, -0.05) is 42.1 Å². The largest absolute Gasteiger partial charge is 2.00 e. The molecule has 7 aromatic rings. The second kappa shape index (κ2) is 22.3. The summed E-state index contributed by atoms with van der Waals surface area (Å²) in [6.45, 7) is 1.51. The maximum Gasteiger partial charge on any atom is 2.00 e. The van der Waals surface area contributed by atoms with E-state index in [0.717, 1.165) is 36.6 Å². The standard InChI is InChI=1S/C42H33N11O13S3.Cu.Na/c1-23-17-32(47-45-26-13-16-30(38(18-26)69(64,65)66)43-24-9-5-3-6-10-24)33(52-67(2,59)60)20-31(23)46-48-34-21-35(42(56)40(41(34)55)51-44-25-11-7-4-8-12-25)49-50-39-28-15-14-27(53(57)58)19-29(28)37(22-36(39)54)68(61,62)63;;/h3-22,43,52,54-56H,1-2H3,(H,61,62,63)(H,64,65,66);;/q;+2;+1/p-3. The molecule has 361 valence electrons. The summed E-state index contributed by atoms with van der Waals surface area (Å²) in [6.07, 6.45) is 0.839. The van der Waals surface area contributed by atoms with Gasteiger partial charge in [-0.25, -0.2) is 25.3 Å². The van der Waals surface area contributed by atoms with Crippen LogP contribution >= 0.6 is 0 Å². The predicted molar refractivity (Wildman–Crippen MR) is 244 cm³/mol. The fourth-order valence-corrected chi connectivity index (χ4v) is 8.17. The summed E-state index contributed by atoms with van der Waals surface area (Å²) in [5.41, 5.74) is -2.69. The van der Waals surface area contributed by atoms with E-state index < -0.39 is 96.0 Å². The van der Waals surface area contributed by atoms with Crippen molar-refractivity contribution in [2.75, 3.05) is 16.3 Å². The molecule has 0 saturated heterocycles. The fraction of sp³-hybridized carbons (Fsp3) is 0.0476. The van der Waals surface area contributed by atoms with Crippen LogP contribution in [0, 0.1) is 17.0 Å². The summed E-state index contributed by atoms with van der Waals surface area (Å²) in [6, 6.07) is 26.4. The van der Waals surface area contributed by atoms with Crippen molar-refractivity contribution in [2.45, 2.75) is 16.7 Å². The van der Waals surface area contributed by atoms with E-state index in [1.54, 1.807) is 48.5 Å². The molecule has 0 atom stereocenters. The Hall–Kier alpha value is -7.11. The molecule has 24 nitrogen and oxygen atoms in total. The first-order chi connectivity index (χ1) is 32.6. The zero-order valence-corrected chi connectivity index (χ0v) is 41.8. The minimum atomic E-state index is -5.35. The topological polar surface area (TPSA) is 381 Å². The van der Waals surface area contributed by atoms with Gasteiger partial charge in [0.05, 0.1) is 60.8 Å². The monoisotopic (exact) mass is 1080 g/mol. The zero-order valence-electron chi connectivity index (χ0n) is 37.4. The molecule has 0 amide bonds. The number of non-ortho nitro benzene ring substituents is 1. The van der Waals surface area contributed by atoms with Crippen LogP contribution in [-0.2, 0) is 47.3 Å². The number of nitrogens with zero attached hydrogens (tertiary/aromatic N) is 9. The van der Waals surface area contributed by atoms with Crippen LogP contribution in [0.4, 0.5) is 68.2 Å². The Morgan fingerprint density at radius 3 is 1.82 bits per heavy atom. The summed E-state index contributed by atoms with van der Waals surface area (Å²) in [5, 5.41) is 83.6. The third-order valence-electron chi connectivity index (χ3n) is 9.40. The molecule has 0 aliphatic heterocycles. The Bertz CT molecular complexity index is 3700. The molecule has 0 spiro atoms. The predicted octanol–water partition coefficient (Wildman–Crippen LogP) is 6.61. The van der Waals surface area contributed by atoms with E-state index in [9.17, 15) is 59.8 Å². The molecule has 0 aliphatic carbocycles. The SMILES string of the molecule is Cc1cc(N=Nc2ccc(Nc3ccccc3)c(S(=O)(=O)[O-])c2)c(NS(C)(=O)=O)cc1N=Nc1cc(N=Nc2c([O-])cc(S(=O)(=O)[O-])c3cc([N+](=O)[O-])ccc23)c([O-])c(N=Nc2ccccc2)c1O.[Cu+2].[H+].[Na+]. The Morgan fingerprint density at radius 1 is 0.592 bits per heavy atom. The van der Waals surface area contributed by atoms with E-state index in [-0.39, 0.29) is 93.1 Å². The number of aromatic hydroxyl groups is 1. The Morgan fingerprint density at radius 2 is 1.18 bits per heavy atom. The van der Waals surface area contributed by atoms with E-state index in [0.29, 0.717) is 11.8 Å². The molecule has 71 heavy (non-hydrogen) atoms. The average Bonchev–Trinajstić information content (AvgIpc) is 3.28. The van der Waals surface area contributed by atoms with Gasteiger partial charge in [0.25, 0.3) is 5.69 Å². The molecule has 1 radical (unpaired) electrons. The molecule has 0 bridgehead atoms. The number of nitrogens with one attached hydrogen (secondary N) is 2. The van der Waals surface area contributed by atoms with Gasteiger partial charge in [0.2, 0.25) is 10.0 Å². The van der Waals surface area contributed by atoms with Crippen molar-refractivity contribution in [3.05, 3.63) is 137 Å². The number of hydrogen-bond acceptors (Lipinski definition) is 22. The van der Waals surface area contributed by atoms with Crippen LogP contribution in [0.15, 0.2) is 172 Å². The van der Waals surface area contributed by atoms with E-state index in [2.05, 4.69) is 51.0 Å². The molecule has 3 N–H and O–H groups in total. The number of sulfonamides is 1. The molecule has 29 heteroatoms. The van der Waals surface area contributed by atoms with E-state index in [1.165, 1.54) is 43.3 Å². The van der Waals surface area contributed by atoms with Gasteiger partial charge in [-0.15, -0.1) is 15.3 Å².